The van der Waals surface area contributed by atoms with Gasteiger partial charge in [0.1, 0.15) is 0 Å². The molecule has 0 fully saturated rings. The van der Waals surface area contributed by atoms with E-state index in [9.17, 15) is 0 Å². The molecule has 0 saturated carbocycles. The van der Waals surface area contributed by atoms with Crippen molar-refractivity contribution in [2.75, 3.05) is 6.54 Å². The molecule has 1 unspecified atom stereocenters. The fourth-order valence-electron chi connectivity index (χ4n) is 1.46. The van der Waals surface area contributed by atoms with Crippen LogP contribution in [0.3, 0.4) is 0 Å². The van der Waals surface area contributed by atoms with Gasteiger partial charge in [-0.2, -0.15) is 0 Å². The first kappa shape index (κ1) is 14.0. The summed E-state index contributed by atoms with van der Waals surface area (Å²) in [7, 11) is 0. The lowest BCUT2D eigenvalue weighted by Crippen LogP contribution is -2.36. The molecule has 0 aromatic heterocycles. The predicted octanol–water partition coefficient (Wildman–Crippen LogP) is 3.84. The van der Waals surface area contributed by atoms with Gasteiger partial charge in [-0.3, -0.25) is 0 Å². The molecule has 0 aromatic rings. The Morgan fingerprint density at radius 3 is 1.93 bits per heavy atom. The summed E-state index contributed by atoms with van der Waals surface area (Å²) in [6.07, 6.45) is 4.06. The highest BCUT2D eigenvalue weighted by Gasteiger charge is 2.09. The molecule has 1 atom stereocenters. The van der Waals surface area contributed by atoms with Crippen LogP contribution in [0.2, 0.25) is 0 Å². The van der Waals surface area contributed by atoms with E-state index in [2.05, 4.69) is 46.9 Å². The van der Waals surface area contributed by atoms with Gasteiger partial charge in [-0.15, -0.1) is 0 Å². The van der Waals surface area contributed by atoms with Crippen LogP contribution in [0.15, 0.2) is 0 Å². The Morgan fingerprint density at radius 2 is 1.50 bits per heavy atom. The summed E-state index contributed by atoms with van der Waals surface area (Å²) in [4.78, 5) is 0. The maximum atomic E-state index is 3.54. The van der Waals surface area contributed by atoms with E-state index in [0.717, 1.165) is 18.4 Å². The third kappa shape index (κ3) is 10.0. The first-order chi connectivity index (χ1) is 6.31. The SMILES string of the molecule is CC(C)CCC(C)CCNC(C)(C)C. The van der Waals surface area contributed by atoms with E-state index in [-0.39, 0.29) is 5.54 Å². The molecule has 86 valence electrons. The van der Waals surface area contributed by atoms with Crippen molar-refractivity contribution in [3.8, 4) is 0 Å². The maximum Gasteiger partial charge on any atom is 0.00965 e. The third-order valence-corrected chi connectivity index (χ3v) is 2.53. The van der Waals surface area contributed by atoms with Gasteiger partial charge in [-0.25, -0.2) is 0 Å². The molecule has 0 heterocycles. The third-order valence-electron chi connectivity index (χ3n) is 2.53. The summed E-state index contributed by atoms with van der Waals surface area (Å²) in [6, 6.07) is 0. The van der Waals surface area contributed by atoms with Crippen molar-refractivity contribution in [2.45, 2.75) is 66.3 Å². The Labute approximate surface area is 90.7 Å². The Bertz CT molecular complexity index is 133. The molecule has 0 aromatic carbocycles. The highest BCUT2D eigenvalue weighted by atomic mass is 14.9. The molecular formula is C13H29N. The summed E-state index contributed by atoms with van der Waals surface area (Å²) in [6.45, 7) is 14.8. The molecule has 0 aliphatic heterocycles. The van der Waals surface area contributed by atoms with E-state index >= 15 is 0 Å². The van der Waals surface area contributed by atoms with Crippen molar-refractivity contribution in [3.05, 3.63) is 0 Å². The number of hydrogen-bond acceptors (Lipinski definition) is 1. The summed E-state index contributed by atoms with van der Waals surface area (Å²) < 4.78 is 0. The van der Waals surface area contributed by atoms with E-state index in [1.54, 1.807) is 0 Å². The zero-order valence-corrected chi connectivity index (χ0v) is 11.0. The highest BCUT2D eigenvalue weighted by molar-refractivity contribution is 4.70. The Hall–Kier alpha value is -0.0400. The second-order valence-corrected chi connectivity index (χ2v) is 6.04. The van der Waals surface area contributed by atoms with Crippen LogP contribution in [0.25, 0.3) is 0 Å². The van der Waals surface area contributed by atoms with Crippen LogP contribution in [0.4, 0.5) is 0 Å². The minimum atomic E-state index is 0.276. The quantitative estimate of drug-likeness (QED) is 0.685. The molecule has 0 aliphatic rings. The molecule has 0 radical (unpaired) electrons. The van der Waals surface area contributed by atoms with Gasteiger partial charge in [0, 0.05) is 5.54 Å². The van der Waals surface area contributed by atoms with E-state index < -0.39 is 0 Å². The molecular weight excluding hydrogens is 170 g/mol. The van der Waals surface area contributed by atoms with Gasteiger partial charge in [0.15, 0.2) is 0 Å². The molecule has 1 nitrogen and oxygen atoms in total. The van der Waals surface area contributed by atoms with Gasteiger partial charge < -0.3 is 5.32 Å². The number of nitrogens with one attached hydrogen (secondary N) is 1. The molecule has 0 amide bonds. The van der Waals surface area contributed by atoms with Gasteiger partial charge in [0.2, 0.25) is 0 Å². The number of hydrogen-bond donors (Lipinski definition) is 1. The van der Waals surface area contributed by atoms with Gasteiger partial charge >= 0.3 is 0 Å². The van der Waals surface area contributed by atoms with E-state index in [1.807, 2.05) is 0 Å². The average Bonchev–Trinajstić information content (AvgIpc) is 1.98. The first-order valence-electron chi connectivity index (χ1n) is 6.06. The first-order valence-corrected chi connectivity index (χ1v) is 6.06. The monoisotopic (exact) mass is 199 g/mol. The maximum absolute atomic E-state index is 3.54. The molecule has 1 heteroatoms. The molecule has 0 saturated heterocycles. The zero-order chi connectivity index (χ0) is 11.2. The number of rotatable bonds is 6. The van der Waals surface area contributed by atoms with Crippen molar-refractivity contribution in [2.24, 2.45) is 11.8 Å². The Morgan fingerprint density at radius 1 is 0.929 bits per heavy atom. The molecule has 1 N–H and O–H groups in total. The second kappa shape index (κ2) is 6.44. The molecule has 0 bridgehead atoms. The lowest BCUT2D eigenvalue weighted by Gasteiger charge is -2.22. The topological polar surface area (TPSA) is 12.0 Å². The summed E-state index contributed by atoms with van der Waals surface area (Å²) in [5.41, 5.74) is 0.276. The van der Waals surface area contributed by atoms with Crippen LogP contribution in [0, 0.1) is 11.8 Å². The fraction of sp³-hybridized carbons (Fsp3) is 1.00. The largest absolute Gasteiger partial charge is 0.312 e. The second-order valence-electron chi connectivity index (χ2n) is 6.04. The lowest BCUT2D eigenvalue weighted by atomic mass is 9.96. The van der Waals surface area contributed by atoms with Crippen LogP contribution in [0.5, 0.6) is 0 Å². The molecule has 14 heavy (non-hydrogen) atoms. The van der Waals surface area contributed by atoms with Gasteiger partial charge in [0.05, 0.1) is 0 Å². The van der Waals surface area contributed by atoms with E-state index in [4.69, 9.17) is 0 Å². The van der Waals surface area contributed by atoms with Crippen molar-refractivity contribution in [1.29, 1.82) is 0 Å². The molecule has 0 spiro atoms. The average molecular weight is 199 g/mol. The molecule has 0 aliphatic carbocycles. The van der Waals surface area contributed by atoms with Gasteiger partial charge in [-0.05, 0) is 45.6 Å². The minimum absolute atomic E-state index is 0.276. The smallest absolute Gasteiger partial charge is 0.00965 e. The van der Waals surface area contributed by atoms with E-state index in [1.165, 1.54) is 19.3 Å². The Kier molecular flexibility index (Phi) is 6.43. The van der Waals surface area contributed by atoms with E-state index in [0.29, 0.717) is 0 Å². The summed E-state index contributed by atoms with van der Waals surface area (Å²) in [5, 5.41) is 3.54. The standard InChI is InChI=1S/C13H29N/c1-11(2)7-8-12(3)9-10-14-13(4,5)6/h11-12,14H,7-10H2,1-6H3. The van der Waals surface area contributed by atoms with Crippen LogP contribution in [-0.2, 0) is 0 Å². The Balaban J connectivity index is 3.40. The van der Waals surface area contributed by atoms with Gasteiger partial charge in [-0.1, -0.05) is 33.6 Å². The summed E-state index contributed by atoms with van der Waals surface area (Å²) in [5.74, 6) is 1.72. The highest BCUT2D eigenvalue weighted by Crippen LogP contribution is 2.14. The van der Waals surface area contributed by atoms with Crippen molar-refractivity contribution in [1.82, 2.24) is 5.32 Å². The van der Waals surface area contributed by atoms with Crippen molar-refractivity contribution >= 4 is 0 Å². The van der Waals surface area contributed by atoms with Crippen molar-refractivity contribution in [3.63, 3.8) is 0 Å². The fourth-order valence-corrected chi connectivity index (χ4v) is 1.46. The summed E-state index contributed by atoms with van der Waals surface area (Å²) >= 11 is 0. The zero-order valence-electron chi connectivity index (χ0n) is 11.0. The van der Waals surface area contributed by atoms with Gasteiger partial charge in [0.25, 0.3) is 0 Å². The van der Waals surface area contributed by atoms with Crippen LogP contribution < -0.4 is 5.32 Å². The minimum Gasteiger partial charge on any atom is -0.312 e. The predicted molar refractivity (Wildman–Crippen MR) is 65.6 cm³/mol. The van der Waals surface area contributed by atoms with Crippen molar-refractivity contribution < 1.29 is 0 Å². The van der Waals surface area contributed by atoms with Crippen LogP contribution in [-0.4, -0.2) is 12.1 Å². The van der Waals surface area contributed by atoms with Crippen LogP contribution in [0.1, 0.15) is 60.8 Å². The molecule has 0 rings (SSSR count). The van der Waals surface area contributed by atoms with Crippen LogP contribution >= 0.6 is 0 Å². The lowest BCUT2D eigenvalue weighted by molar-refractivity contribution is 0.371. The normalized spacial score (nSPS) is 14.8.